The van der Waals surface area contributed by atoms with Gasteiger partial charge in [0.25, 0.3) is 0 Å². The van der Waals surface area contributed by atoms with Crippen molar-refractivity contribution in [1.82, 2.24) is 0 Å². The molecule has 0 amide bonds. The fourth-order valence-electron chi connectivity index (χ4n) is 1.72. The van der Waals surface area contributed by atoms with Crippen molar-refractivity contribution in [2.24, 2.45) is 11.8 Å². The lowest BCUT2D eigenvalue weighted by Crippen LogP contribution is -2.18. The van der Waals surface area contributed by atoms with Gasteiger partial charge in [0, 0.05) is 0 Å². The molecule has 2 atom stereocenters. The molecule has 1 N–H and O–H groups in total. The monoisotopic (exact) mass is 250 g/mol. The summed E-state index contributed by atoms with van der Waals surface area (Å²) in [5.74, 6) is 0.0509. The van der Waals surface area contributed by atoms with Crippen molar-refractivity contribution in [1.29, 1.82) is 0 Å². The maximum Gasteiger partial charge on any atom is 0.306 e. The molecule has 0 aliphatic heterocycles. The molecule has 0 heterocycles. The summed E-state index contributed by atoms with van der Waals surface area (Å²) in [4.78, 5) is 10.8. The predicted octanol–water partition coefficient (Wildman–Crippen LogP) is 3.51. The van der Waals surface area contributed by atoms with Gasteiger partial charge in [-0.25, -0.2) is 0 Å². The lowest BCUT2D eigenvalue weighted by molar-refractivity contribution is -0.142. The Balaban J connectivity index is 2.22. The molecule has 0 saturated heterocycles. The Morgan fingerprint density at radius 1 is 1.28 bits per heavy atom. The van der Waals surface area contributed by atoms with Crippen LogP contribution in [0.15, 0.2) is 24.3 Å². The molecule has 1 rings (SSSR count). The van der Waals surface area contributed by atoms with Crippen LogP contribution >= 0.6 is 0 Å². The number of aryl methyl sites for hydroxylation is 1. The minimum atomic E-state index is -0.720. The van der Waals surface area contributed by atoms with Crippen LogP contribution in [0.25, 0.3) is 0 Å². The van der Waals surface area contributed by atoms with Crippen molar-refractivity contribution >= 4 is 5.97 Å². The van der Waals surface area contributed by atoms with E-state index in [1.54, 1.807) is 6.92 Å². The molecule has 0 bridgehead atoms. The molecule has 1 aromatic carbocycles. The summed E-state index contributed by atoms with van der Waals surface area (Å²) in [7, 11) is 0. The first kappa shape index (κ1) is 14.6. The number of hydrogen-bond acceptors (Lipinski definition) is 2. The van der Waals surface area contributed by atoms with Crippen LogP contribution in [0.2, 0.25) is 0 Å². The zero-order valence-electron chi connectivity index (χ0n) is 11.3. The molecule has 3 heteroatoms. The summed E-state index contributed by atoms with van der Waals surface area (Å²) < 4.78 is 5.60. The molecule has 0 saturated carbocycles. The average molecular weight is 250 g/mol. The van der Waals surface area contributed by atoms with E-state index in [2.05, 4.69) is 0 Å². The molecular weight excluding hydrogens is 228 g/mol. The first-order chi connectivity index (χ1) is 8.50. The maximum absolute atomic E-state index is 10.8. The van der Waals surface area contributed by atoms with Crippen LogP contribution in [-0.2, 0) is 4.79 Å². The van der Waals surface area contributed by atoms with E-state index in [9.17, 15) is 4.79 Å². The first-order valence-corrected chi connectivity index (χ1v) is 6.43. The lowest BCUT2D eigenvalue weighted by Gasteiger charge is -2.15. The molecule has 0 fully saturated rings. The third kappa shape index (κ3) is 4.78. The highest BCUT2D eigenvalue weighted by Crippen LogP contribution is 2.18. The summed E-state index contributed by atoms with van der Waals surface area (Å²) in [5.41, 5.74) is 1.21. The number of ether oxygens (including phenoxy) is 1. The van der Waals surface area contributed by atoms with Gasteiger partial charge in [-0.3, -0.25) is 4.79 Å². The predicted molar refractivity (Wildman–Crippen MR) is 71.9 cm³/mol. The molecule has 100 valence electrons. The second-order valence-corrected chi connectivity index (χ2v) is 4.91. The standard InChI is InChI=1S/C15H22O3/c1-11-6-8-14(9-7-11)18-10-4-5-12(2)13(3)15(16)17/h6-9,12-13H,4-5,10H2,1-3H3,(H,16,17). The van der Waals surface area contributed by atoms with Gasteiger partial charge in [0.2, 0.25) is 0 Å². The number of carboxylic acid groups (broad SMARTS) is 1. The summed E-state index contributed by atoms with van der Waals surface area (Å²) in [6, 6.07) is 7.95. The molecule has 1 aromatic rings. The molecule has 0 spiro atoms. The molecule has 3 nitrogen and oxygen atoms in total. The van der Waals surface area contributed by atoms with Gasteiger partial charge in [-0.2, -0.15) is 0 Å². The zero-order chi connectivity index (χ0) is 13.5. The smallest absolute Gasteiger partial charge is 0.306 e. The second-order valence-electron chi connectivity index (χ2n) is 4.91. The van der Waals surface area contributed by atoms with E-state index in [1.165, 1.54) is 5.56 Å². The van der Waals surface area contributed by atoms with E-state index < -0.39 is 5.97 Å². The van der Waals surface area contributed by atoms with Gasteiger partial charge >= 0.3 is 5.97 Å². The van der Waals surface area contributed by atoms with Gasteiger partial charge in [0.1, 0.15) is 5.75 Å². The van der Waals surface area contributed by atoms with Crippen molar-refractivity contribution in [3.63, 3.8) is 0 Å². The van der Waals surface area contributed by atoms with Crippen molar-refractivity contribution < 1.29 is 14.6 Å². The van der Waals surface area contributed by atoms with Crippen molar-refractivity contribution in [3.05, 3.63) is 29.8 Å². The van der Waals surface area contributed by atoms with E-state index in [-0.39, 0.29) is 11.8 Å². The number of hydrogen-bond donors (Lipinski definition) is 1. The van der Waals surface area contributed by atoms with Crippen LogP contribution in [0.5, 0.6) is 5.75 Å². The number of rotatable bonds is 7. The molecule has 2 unspecified atom stereocenters. The van der Waals surface area contributed by atoms with Crippen LogP contribution in [0.1, 0.15) is 32.3 Å². The molecule has 0 radical (unpaired) electrons. The SMILES string of the molecule is Cc1ccc(OCCCC(C)C(C)C(=O)O)cc1. The highest BCUT2D eigenvalue weighted by Gasteiger charge is 2.18. The van der Waals surface area contributed by atoms with Crippen molar-refractivity contribution in [3.8, 4) is 5.75 Å². The molecule has 0 aliphatic rings. The maximum atomic E-state index is 10.8. The van der Waals surface area contributed by atoms with E-state index in [1.807, 2.05) is 38.1 Å². The molecule has 18 heavy (non-hydrogen) atoms. The number of benzene rings is 1. The van der Waals surface area contributed by atoms with Gasteiger partial charge in [-0.1, -0.05) is 31.5 Å². The number of carbonyl (C=O) groups is 1. The Kier molecular flexibility index (Phi) is 5.69. The fraction of sp³-hybridized carbons (Fsp3) is 0.533. The second kappa shape index (κ2) is 7.04. The Hall–Kier alpha value is -1.51. The molecule has 0 aliphatic carbocycles. The molecular formula is C15H22O3. The van der Waals surface area contributed by atoms with Gasteiger partial charge in [0.05, 0.1) is 12.5 Å². The first-order valence-electron chi connectivity index (χ1n) is 6.43. The van der Waals surface area contributed by atoms with Crippen LogP contribution < -0.4 is 4.74 Å². The summed E-state index contributed by atoms with van der Waals surface area (Å²) in [6.45, 7) is 6.41. The molecule has 0 aromatic heterocycles. The highest BCUT2D eigenvalue weighted by atomic mass is 16.5. The summed E-state index contributed by atoms with van der Waals surface area (Å²) in [6.07, 6.45) is 1.76. The van der Waals surface area contributed by atoms with Crippen LogP contribution in [0, 0.1) is 18.8 Å². The van der Waals surface area contributed by atoms with E-state index in [0.29, 0.717) is 6.61 Å². The largest absolute Gasteiger partial charge is 0.494 e. The quantitative estimate of drug-likeness (QED) is 0.753. The third-order valence-electron chi connectivity index (χ3n) is 3.34. The Bertz CT molecular complexity index is 370. The fourth-order valence-corrected chi connectivity index (χ4v) is 1.72. The highest BCUT2D eigenvalue weighted by molar-refractivity contribution is 5.69. The average Bonchev–Trinajstić information content (AvgIpc) is 2.35. The Morgan fingerprint density at radius 2 is 1.89 bits per heavy atom. The van der Waals surface area contributed by atoms with Crippen molar-refractivity contribution in [2.45, 2.75) is 33.6 Å². The number of aliphatic carboxylic acids is 1. The topological polar surface area (TPSA) is 46.5 Å². The Labute approximate surface area is 109 Å². The minimum Gasteiger partial charge on any atom is -0.494 e. The summed E-state index contributed by atoms with van der Waals surface area (Å²) >= 11 is 0. The Morgan fingerprint density at radius 3 is 2.44 bits per heavy atom. The number of carboxylic acids is 1. The van der Waals surface area contributed by atoms with E-state index in [0.717, 1.165) is 18.6 Å². The van der Waals surface area contributed by atoms with E-state index in [4.69, 9.17) is 9.84 Å². The van der Waals surface area contributed by atoms with Crippen molar-refractivity contribution in [2.75, 3.05) is 6.61 Å². The van der Waals surface area contributed by atoms with Gasteiger partial charge in [-0.05, 0) is 37.8 Å². The van der Waals surface area contributed by atoms with Gasteiger partial charge in [-0.15, -0.1) is 0 Å². The van der Waals surface area contributed by atoms with Gasteiger partial charge < -0.3 is 9.84 Å². The van der Waals surface area contributed by atoms with Crippen LogP contribution in [0.3, 0.4) is 0 Å². The van der Waals surface area contributed by atoms with Gasteiger partial charge in [0.15, 0.2) is 0 Å². The zero-order valence-corrected chi connectivity index (χ0v) is 11.3. The third-order valence-corrected chi connectivity index (χ3v) is 3.34. The van der Waals surface area contributed by atoms with Crippen LogP contribution in [-0.4, -0.2) is 17.7 Å². The minimum absolute atomic E-state index is 0.184. The van der Waals surface area contributed by atoms with Crippen LogP contribution in [0.4, 0.5) is 0 Å². The lowest BCUT2D eigenvalue weighted by atomic mass is 9.92. The van der Waals surface area contributed by atoms with E-state index >= 15 is 0 Å². The summed E-state index contributed by atoms with van der Waals surface area (Å²) in [5, 5.41) is 8.88. The normalized spacial score (nSPS) is 13.9.